The normalized spacial score (nSPS) is 40.1. The maximum absolute atomic E-state index is 11.0. The summed E-state index contributed by atoms with van der Waals surface area (Å²) in [5.41, 5.74) is 6.15. The third-order valence-electron chi connectivity index (χ3n) is 3.66. The van der Waals surface area contributed by atoms with Crippen LogP contribution < -0.4 is 5.73 Å². The van der Waals surface area contributed by atoms with Crippen molar-refractivity contribution in [2.24, 2.45) is 11.7 Å². The molecular formula is C11H20N2O2. The minimum absolute atomic E-state index is 0.0126. The van der Waals surface area contributed by atoms with E-state index < -0.39 is 0 Å². The van der Waals surface area contributed by atoms with Crippen LogP contribution in [0.5, 0.6) is 0 Å². The molecule has 0 aromatic heterocycles. The standard InChI is InChI=1S/C11H20N2O2/c1-6(2)13-5-8-4-9(15-7(3)14)11(13)10(8)12/h6,8-11H,4-5,12H2,1-3H3/t8-,9?,10-,11-/m1/s1. The molecule has 0 aromatic rings. The molecule has 4 heteroatoms. The fourth-order valence-corrected chi connectivity index (χ4v) is 3.03. The fraction of sp³-hybridized carbons (Fsp3) is 0.909. The van der Waals surface area contributed by atoms with E-state index >= 15 is 0 Å². The highest BCUT2D eigenvalue weighted by Gasteiger charge is 2.52. The van der Waals surface area contributed by atoms with Gasteiger partial charge in [-0.3, -0.25) is 9.69 Å². The Kier molecular flexibility index (Phi) is 2.73. The minimum atomic E-state index is -0.191. The average molecular weight is 212 g/mol. The van der Waals surface area contributed by atoms with Crippen LogP contribution in [-0.4, -0.2) is 41.6 Å². The Balaban J connectivity index is 2.09. The van der Waals surface area contributed by atoms with Gasteiger partial charge in [-0.1, -0.05) is 0 Å². The Morgan fingerprint density at radius 3 is 2.67 bits per heavy atom. The van der Waals surface area contributed by atoms with Gasteiger partial charge in [0.1, 0.15) is 6.10 Å². The van der Waals surface area contributed by atoms with Crippen molar-refractivity contribution in [2.45, 2.75) is 51.4 Å². The van der Waals surface area contributed by atoms with Gasteiger partial charge in [0.05, 0.1) is 6.04 Å². The Labute approximate surface area is 90.8 Å². The van der Waals surface area contributed by atoms with Crippen molar-refractivity contribution in [3.63, 3.8) is 0 Å². The first kappa shape index (κ1) is 10.9. The molecule has 2 fully saturated rings. The number of rotatable bonds is 2. The lowest BCUT2D eigenvalue weighted by atomic mass is 10.1. The molecule has 1 aliphatic heterocycles. The highest BCUT2D eigenvalue weighted by atomic mass is 16.5. The first-order chi connectivity index (χ1) is 7.00. The van der Waals surface area contributed by atoms with Gasteiger partial charge in [-0.15, -0.1) is 0 Å². The third-order valence-corrected chi connectivity index (χ3v) is 3.66. The number of nitrogens with zero attached hydrogens (tertiary/aromatic N) is 1. The number of piperidine rings is 1. The zero-order valence-corrected chi connectivity index (χ0v) is 9.64. The van der Waals surface area contributed by atoms with Crippen LogP contribution in [0.2, 0.25) is 0 Å². The first-order valence-electron chi connectivity index (χ1n) is 5.69. The van der Waals surface area contributed by atoms with Crippen molar-refractivity contribution in [2.75, 3.05) is 6.54 Å². The summed E-state index contributed by atoms with van der Waals surface area (Å²) in [4.78, 5) is 13.3. The van der Waals surface area contributed by atoms with E-state index in [4.69, 9.17) is 10.5 Å². The molecule has 4 nitrogen and oxygen atoms in total. The molecule has 2 bridgehead atoms. The van der Waals surface area contributed by atoms with E-state index in [0.717, 1.165) is 13.0 Å². The molecule has 86 valence electrons. The summed E-state index contributed by atoms with van der Waals surface area (Å²) in [7, 11) is 0. The smallest absolute Gasteiger partial charge is 0.302 e. The summed E-state index contributed by atoms with van der Waals surface area (Å²) in [6, 6.07) is 0.889. The molecule has 2 N–H and O–H groups in total. The van der Waals surface area contributed by atoms with Crippen molar-refractivity contribution in [1.82, 2.24) is 4.90 Å². The number of esters is 1. The fourth-order valence-electron chi connectivity index (χ4n) is 3.03. The summed E-state index contributed by atoms with van der Waals surface area (Å²) >= 11 is 0. The third kappa shape index (κ3) is 1.76. The molecule has 0 aromatic carbocycles. The number of hydrogen-bond donors (Lipinski definition) is 1. The minimum Gasteiger partial charge on any atom is -0.461 e. The molecule has 2 rings (SSSR count). The molecule has 4 atom stereocenters. The predicted molar refractivity (Wildman–Crippen MR) is 57.3 cm³/mol. The Morgan fingerprint density at radius 2 is 2.20 bits per heavy atom. The van der Waals surface area contributed by atoms with Gasteiger partial charge >= 0.3 is 5.97 Å². The van der Waals surface area contributed by atoms with E-state index in [0.29, 0.717) is 12.0 Å². The monoisotopic (exact) mass is 212 g/mol. The topological polar surface area (TPSA) is 55.6 Å². The second-order valence-corrected chi connectivity index (χ2v) is 5.00. The van der Waals surface area contributed by atoms with Gasteiger partial charge in [-0.25, -0.2) is 0 Å². The zero-order valence-electron chi connectivity index (χ0n) is 9.64. The molecule has 0 spiro atoms. The SMILES string of the molecule is CC(=O)OC1C[C@@H]2CN(C(C)C)[C@H]1[C@@H]2N. The summed E-state index contributed by atoms with van der Waals surface area (Å²) in [6.45, 7) is 6.86. The van der Waals surface area contributed by atoms with E-state index in [2.05, 4.69) is 18.7 Å². The molecule has 1 heterocycles. The number of fused-ring (bicyclic) bond motifs is 2. The van der Waals surface area contributed by atoms with Gasteiger partial charge in [-0.05, 0) is 26.2 Å². The van der Waals surface area contributed by atoms with Crippen molar-refractivity contribution in [3.8, 4) is 0 Å². The Bertz CT molecular complexity index is 267. The largest absolute Gasteiger partial charge is 0.461 e. The maximum atomic E-state index is 11.0. The van der Waals surface area contributed by atoms with Gasteiger partial charge in [0.25, 0.3) is 0 Å². The second-order valence-electron chi connectivity index (χ2n) is 5.00. The molecule has 1 saturated heterocycles. The van der Waals surface area contributed by atoms with E-state index in [-0.39, 0.29) is 24.2 Å². The molecule has 0 amide bonds. The molecule has 15 heavy (non-hydrogen) atoms. The lowest BCUT2D eigenvalue weighted by Gasteiger charge is -2.35. The Morgan fingerprint density at radius 1 is 1.53 bits per heavy atom. The van der Waals surface area contributed by atoms with Crippen LogP contribution in [0.4, 0.5) is 0 Å². The molecule has 1 unspecified atom stereocenters. The summed E-state index contributed by atoms with van der Waals surface area (Å²) < 4.78 is 5.34. The zero-order chi connectivity index (χ0) is 11.2. The maximum Gasteiger partial charge on any atom is 0.302 e. The summed E-state index contributed by atoms with van der Waals surface area (Å²) in [5, 5.41) is 0. The average Bonchev–Trinajstić information content (AvgIpc) is 2.57. The lowest BCUT2D eigenvalue weighted by Crippen LogP contribution is -2.49. The first-order valence-corrected chi connectivity index (χ1v) is 5.69. The van der Waals surface area contributed by atoms with Crippen LogP contribution in [0.15, 0.2) is 0 Å². The number of hydrogen-bond acceptors (Lipinski definition) is 4. The van der Waals surface area contributed by atoms with Crippen molar-refractivity contribution >= 4 is 5.97 Å². The van der Waals surface area contributed by atoms with E-state index in [1.165, 1.54) is 6.92 Å². The molecular weight excluding hydrogens is 192 g/mol. The van der Waals surface area contributed by atoms with Crippen molar-refractivity contribution < 1.29 is 9.53 Å². The van der Waals surface area contributed by atoms with Crippen molar-refractivity contribution in [1.29, 1.82) is 0 Å². The lowest BCUT2D eigenvalue weighted by molar-refractivity contribution is -0.150. The summed E-state index contributed by atoms with van der Waals surface area (Å²) in [5.74, 6) is 0.310. The predicted octanol–water partition coefficient (Wildman–Crippen LogP) is 0.358. The highest BCUT2D eigenvalue weighted by Crippen LogP contribution is 2.39. The van der Waals surface area contributed by atoms with Crippen LogP contribution in [0, 0.1) is 5.92 Å². The van der Waals surface area contributed by atoms with Gasteiger partial charge in [0.2, 0.25) is 0 Å². The Hall–Kier alpha value is -0.610. The van der Waals surface area contributed by atoms with Crippen LogP contribution in [0.1, 0.15) is 27.2 Å². The summed E-state index contributed by atoms with van der Waals surface area (Å²) in [6.07, 6.45) is 0.952. The van der Waals surface area contributed by atoms with Gasteiger partial charge in [-0.2, -0.15) is 0 Å². The molecule has 0 radical (unpaired) electrons. The van der Waals surface area contributed by atoms with Gasteiger partial charge in [0.15, 0.2) is 0 Å². The quantitative estimate of drug-likeness (QED) is 0.671. The van der Waals surface area contributed by atoms with E-state index in [1.807, 2.05) is 0 Å². The highest BCUT2D eigenvalue weighted by molar-refractivity contribution is 5.66. The van der Waals surface area contributed by atoms with E-state index in [9.17, 15) is 4.79 Å². The van der Waals surface area contributed by atoms with Crippen LogP contribution >= 0.6 is 0 Å². The van der Waals surface area contributed by atoms with E-state index in [1.54, 1.807) is 0 Å². The number of carbonyl (C=O) groups excluding carboxylic acids is 1. The number of ether oxygens (including phenoxy) is 1. The van der Waals surface area contributed by atoms with Crippen LogP contribution in [0.3, 0.4) is 0 Å². The number of likely N-dealkylation sites (tertiary alicyclic amines) is 1. The number of carbonyl (C=O) groups is 1. The van der Waals surface area contributed by atoms with Gasteiger partial charge < -0.3 is 10.5 Å². The van der Waals surface area contributed by atoms with Gasteiger partial charge in [0, 0.05) is 25.6 Å². The molecule has 1 saturated carbocycles. The second kappa shape index (κ2) is 3.76. The van der Waals surface area contributed by atoms with Crippen LogP contribution in [0.25, 0.3) is 0 Å². The molecule has 1 aliphatic carbocycles. The van der Waals surface area contributed by atoms with Crippen LogP contribution in [-0.2, 0) is 9.53 Å². The number of nitrogens with two attached hydrogens (primary N) is 1. The van der Waals surface area contributed by atoms with Crippen molar-refractivity contribution in [3.05, 3.63) is 0 Å². The molecule has 2 aliphatic rings.